The lowest BCUT2D eigenvalue weighted by molar-refractivity contribution is -0.139. The van der Waals surface area contributed by atoms with Crippen molar-refractivity contribution in [3.8, 4) is 5.75 Å². The number of halogens is 1. The summed E-state index contributed by atoms with van der Waals surface area (Å²) in [6.07, 6.45) is 0.863. The highest BCUT2D eigenvalue weighted by molar-refractivity contribution is 7.92. The summed E-state index contributed by atoms with van der Waals surface area (Å²) in [4.78, 5) is 28.6. The van der Waals surface area contributed by atoms with Crippen LogP contribution in [-0.2, 0) is 26.0 Å². The number of anilines is 1. The second-order valence-corrected chi connectivity index (χ2v) is 11.9. The van der Waals surface area contributed by atoms with Crippen molar-refractivity contribution in [3.05, 3.63) is 89.4 Å². The van der Waals surface area contributed by atoms with Crippen LogP contribution in [-0.4, -0.2) is 57.4 Å². The first-order chi connectivity index (χ1) is 19.1. The number of hydrogen-bond donors (Lipinski definition) is 1. The minimum absolute atomic E-state index is 0.0125. The number of hydrogen-bond acceptors (Lipinski definition) is 5. The van der Waals surface area contributed by atoms with E-state index in [0.717, 1.165) is 9.87 Å². The average Bonchev–Trinajstić information content (AvgIpc) is 2.93. The molecular weight excluding hydrogens is 550 g/mol. The van der Waals surface area contributed by atoms with Gasteiger partial charge in [0.15, 0.2) is 0 Å². The maximum atomic E-state index is 14.0. The predicted octanol–water partition coefficient (Wildman–Crippen LogP) is 4.92. The van der Waals surface area contributed by atoms with E-state index in [1.54, 1.807) is 30.3 Å². The van der Waals surface area contributed by atoms with Crippen LogP contribution in [0.15, 0.2) is 83.8 Å². The molecule has 0 unspecified atom stereocenters. The molecule has 214 valence electrons. The third-order valence-electron chi connectivity index (χ3n) is 6.32. The van der Waals surface area contributed by atoms with E-state index in [1.807, 2.05) is 51.1 Å². The second-order valence-electron chi connectivity index (χ2n) is 9.58. The summed E-state index contributed by atoms with van der Waals surface area (Å²) in [7, 11) is -2.70. The molecule has 10 heteroatoms. The van der Waals surface area contributed by atoms with Crippen molar-refractivity contribution in [2.45, 2.75) is 50.6 Å². The first-order valence-electron chi connectivity index (χ1n) is 13.1. The summed E-state index contributed by atoms with van der Waals surface area (Å²) in [5.74, 6) is -0.289. The van der Waals surface area contributed by atoms with Crippen molar-refractivity contribution >= 4 is 39.1 Å². The minimum atomic E-state index is -4.19. The number of rotatable bonds is 13. The summed E-state index contributed by atoms with van der Waals surface area (Å²) >= 11 is 6.22. The Labute approximate surface area is 241 Å². The van der Waals surface area contributed by atoms with Crippen LogP contribution in [0, 0.1) is 0 Å². The Hall–Kier alpha value is -3.56. The van der Waals surface area contributed by atoms with Gasteiger partial charge < -0.3 is 15.0 Å². The maximum absolute atomic E-state index is 14.0. The zero-order valence-electron chi connectivity index (χ0n) is 23.2. The lowest BCUT2D eigenvalue weighted by Gasteiger charge is -2.33. The van der Waals surface area contributed by atoms with Crippen LogP contribution >= 0.6 is 11.6 Å². The molecule has 2 amide bonds. The lowest BCUT2D eigenvalue weighted by Crippen LogP contribution is -2.54. The summed E-state index contributed by atoms with van der Waals surface area (Å²) in [5, 5.41) is 3.22. The summed E-state index contributed by atoms with van der Waals surface area (Å²) in [6, 6.07) is 21.0. The highest BCUT2D eigenvalue weighted by atomic mass is 35.5. The maximum Gasteiger partial charge on any atom is 0.264 e. The number of carbonyl (C=O) groups excluding carboxylic acids is 2. The number of methoxy groups -OCH3 is 1. The molecular formula is C30H36ClN3O5S. The van der Waals surface area contributed by atoms with Crippen molar-refractivity contribution in [2.24, 2.45) is 0 Å². The van der Waals surface area contributed by atoms with Crippen molar-refractivity contribution in [2.75, 3.05) is 24.5 Å². The molecule has 3 aromatic rings. The molecule has 40 heavy (non-hydrogen) atoms. The molecule has 0 fully saturated rings. The van der Waals surface area contributed by atoms with E-state index in [4.69, 9.17) is 16.3 Å². The SMILES string of the molecule is CC[C@@H](C(=O)NC(C)C)N(CCc1ccccc1)C(=O)CN(c1cccc(Cl)c1)S(=O)(=O)c1ccc(OC)cc1. The Morgan fingerprint density at radius 3 is 2.23 bits per heavy atom. The van der Waals surface area contributed by atoms with Crippen LogP contribution in [0.1, 0.15) is 32.8 Å². The standard InChI is InChI=1S/C30H36ClN3O5S/c1-5-28(30(36)32-22(2)3)33(19-18-23-10-7-6-8-11-23)29(35)21-34(25-13-9-12-24(31)20-25)40(37,38)27-16-14-26(39-4)15-17-27/h6-17,20,22,28H,5,18-19,21H2,1-4H3,(H,32,36)/t28-/m0/s1. The molecule has 1 N–H and O–H groups in total. The van der Waals surface area contributed by atoms with E-state index in [0.29, 0.717) is 23.6 Å². The highest BCUT2D eigenvalue weighted by Crippen LogP contribution is 2.27. The van der Waals surface area contributed by atoms with Crippen LogP contribution in [0.3, 0.4) is 0 Å². The zero-order chi connectivity index (χ0) is 29.3. The third kappa shape index (κ3) is 7.99. The van der Waals surface area contributed by atoms with Gasteiger partial charge in [0, 0.05) is 17.6 Å². The van der Waals surface area contributed by atoms with Crippen LogP contribution in [0.5, 0.6) is 5.75 Å². The van der Waals surface area contributed by atoms with Gasteiger partial charge in [0.1, 0.15) is 18.3 Å². The predicted molar refractivity (Wildman–Crippen MR) is 158 cm³/mol. The van der Waals surface area contributed by atoms with E-state index in [1.165, 1.54) is 30.2 Å². The summed E-state index contributed by atoms with van der Waals surface area (Å²) in [5.41, 5.74) is 1.23. The number of amides is 2. The smallest absolute Gasteiger partial charge is 0.264 e. The van der Waals surface area contributed by atoms with E-state index in [-0.39, 0.29) is 29.1 Å². The van der Waals surface area contributed by atoms with Gasteiger partial charge in [-0.05, 0) is 74.7 Å². The molecule has 0 aromatic heterocycles. The topological polar surface area (TPSA) is 96.0 Å². The van der Waals surface area contributed by atoms with Crippen molar-refractivity contribution < 1.29 is 22.7 Å². The number of benzene rings is 3. The molecule has 0 saturated carbocycles. The monoisotopic (exact) mass is 585 g/mol. The Bertz CT molecular complexity index is 1380. The van der Waals surface area contributed by atoms with Gasteiger partial charge in [0.25, 0.3) is 10.0 Å². The van der Waals surface area contributed by atoms with Crippen LogP contribution in [0.4, 0.5) is 5.69 Å². The van der Waals surface area contributed by atoms with E-state index in [9.17, 15) is 18.0 Å². The molecule has 0 aliphatic carbocycles. The molecule has 0 aliphatic heterocycles. The van der Waals surface area contributed by atoms with Gasteiger partial charge in [-0.2, -0.15) is 0 Å². The van der Waals surface area contributed by atoms with Gasteiger partial charge in [-0.3, -0.25) is 13.9 Å². The van der Waals surface area contributed by atoms with Gasteiger partial charge >= 0.3 is 0 Å². The third-order valence-corrected chi connectivity index (χ3v) is 8.35. The molecule has 3 rings (SSSR count). The Balaban J connectivity index is 2.01. The van der Waals surface area contributed by atoms with Gasteiger partial charge in [-0.15, -0.1) is 0 Å². The summed E-state index contributed by atoms with van der Waals surface area (Å²) < 4.78 is 34.0. The minimum Gasteiger partial charge on any atom is -0.497 e. The molecule has 0 aliphatic rings. The van der Waals surface area contributed by atoms with Gasteiger partial charge in [0.2, 0.25) is 11.8 Å². The molecule has 8 nitrogen and oxygen atoms in total. The molecule has 0 radical (unpaired) electrons. The van der Waals surface area contributed by atoms with Crippen LogP contribution in [0.2, 0.25) is 5.02 Å². The van der Waals surface area contributed by atoms with Crippen molar-refractivity contribution in [3.63, 3.8) is 0 Å². The Morgan fingerprint density at radius 1 is 0.975 bits per heavy atom. The fourth-order valence-electron chi connectivity index (χ4n) is 4.31. The first kappa shape index (κ1) is 31.0. The fourth-order valence-corrected chi connectivity index (χ4v) is 5.90. The van der Waals surface area contributed by atoms with Gasteiger partial charge in [-0.1, -0.05) is 54.9 Å². The second kappa shape index (κ2) is 14.2. The van der Waals surface area contributed by atoms with E-state index < -0.39 is 28.5 Å². The number of nitrogens with one attached hydrogen (secondary N) is 1. The normalized spacial score (nSPS) is 12.1. The van der Waals surface area contributed by atoms with E-state index >= 15 is 0 Å². The van der Waals surface area contributed by atoms with Crippen LogP contribution in [0.25, 0.3) is 0 Å². The number of ether oxygens (including phenoxy) is 1. The number of carbonyl (C=O) groups is 2. The van der Waals surface area contributed by atoms with Crippen molar-refractivity contribution in [1.29, 1.82) is 0 Å². The fraction of sp³-hybridized carbons (Fsp3) is 0.333. The molecule has 1 atom stereocenters. The van der Waals surface area contributed by atoms with Gasteiger partial charge in [-0.25, -0.2) is 8.42 Å². The number of sulfonamides is 1. The molecule has 0 saturated heterocycles. The highest BCUT2D eigenvalue weighted by Gasteiger charge is 2.33. The first-order valence-corrected chi connectivity index (χ1v) is 14.9. The quantitative estimate of drug-likeness (QED) is 0.307. The largest absolute Gasteiger partial charge is 0.497 e. The van der Waals surface area contributed by atoms with Gasteiger partial charge in [0.05, 0.1) is 17.7 Å². The summed E-state index contributed by atoms with van der Waals surface area (Å²) in [6.45, 7) is 5.25. The zero-order valence-corrected chi connectivity index (χ0v) is 24.8. The number of nitrogens with zero attached hydrogens (tertiary/aromatic N) is 2. The van der Waals surface area contributed by atoms with Crippen molar-refractivity contribution in [1.82, 2.24) is 10.2 Å². The molecule has 3 aromatic carbocycles. The van der Waals surface area contributed by atoms with E-state index in [2.05, 4.69) is 5.32 Å². The molecule has 0 spiro atoms. The average molecular weight is 586 g/mol. The molecule has 0 heterocycles. The Morgan fingerprint density at radius 2 is 1.65 bits per heavy atom. The van der Waals surface area contributed by atoms with Crippen LogP contribution < -0.4 is 14.4 Å². The lowest BCUT2D eigenvalue weighted by atomic mass is 10.1. The Kier molecular flexibility index (Phi) is 11.0. The molecule has 0 bridgehead atoms.